The second-order valence-electron chi connectivity index (χ2n) is 3.91. The summed E-state index contributed by atoms with van der Waals surface area (Å²) in [4.78, 5) is 0. The number of hydrogen-bond donors (Lipinski definition) is 2. The molecule has 0 amide bonds. The first-order valence-corrected chi connectivity index (χ1v) is 4.55. The molecule has 0 spiro atoms. The zero-order chi connectivity index (χ0) is 10.9. The molecule has 2 aromatic heterocycles. The van der Waals surface area contributed by atoms with Gasteiger partial charge in [-0.15, -0.1) is 14.8 Å². The summed E-state index contributed by atoms with van der Waals surface area (Å²) >= 11 is 0. The highest BCUT2D eigenvalue weighted by Gasteiger charge is 2.16. The highest BCUT2D eigenvalue weighted by molar-refractivity contribution is 5.43. The molecule has 0 aliphatic rings. The fourth-order valence-corrected chi connectivity index (χ4v) is 1.10. The van der Waals surface area contributed by atoms with E-state index >= 15 is 0 Å². The van der Waals surface area contributed by atoms with E-state index in [0.717, 1.165) is 0 Å². The van der Waals surface area contributed by atoms with E-state index in [4.69, 9.17) is 5.11 Å². The van der Waals surface area contributed by atoms with E-state index in [1.54, 1.807) is 12.1 Å². The van der Waals surface area contributed by atoms with Gasteiger partial charge in [0.25, 0.3) is 0 Å². The summed E-state index contributed by atoms with van der Waals surface area (Å²) < 4.78 is 1.33. The summed E-state index contributed by atoms with van der Waals surface area (Å²) in [5, 5.41) is 27.2. The Kier molecular flexibility index (Phi) is 2.24. The van der Waals surface area contributed by atoms with Gasteiger partial charge in [-0.2, -0.15) is 0 Å². The normalized spacial score (nSPS) is 11.9. The van der Waals surface area contributed by atoms with Crippen molar-refractivity contribution in [3.63, 3.8) is 0 Å². The van der Waals surface area contributed by atoms with Crippen LogP contribution in [0.5, 0.6) is 0 Å². The lowest BCUT2D eigenvalue weighted by molar-refractivity contribution is 0.233. The van der Waals surface area contributed by atoms with E-state index in [1.807, 2.05) is 13.8 Å². The van der Waals surface area contributed by atoms with Gasteiger partial charge in [0.05, 0.1) is 12.1 Å². The number of anilines is 1. The molecule has 2 rings (SSSR count). The summed E-state index contributed by atoms with van der Waals surface area (Å²) in [5.41, 5.74) is 0.164. The van der Waals surface area contributed by atoms with Crippen molar-refractivity contribution < 1.29 is 5.11 Å². The lowest BCUT2D eigenvalue weighted by Gasteiger charge is -2.23. The Hall–Kier alpha value is -1.76. The molecule has 0 unspecified atom stereocenters. The van der Waals surface area contributed by atoms with Crippen molar-refractivity contribution in [1.82, 2.24) is 25.3 Å². The molecular weight excluding hydrogens is 196 g/mol. The number of hydrogen-bond acceptors (Lipinski definition) is 6. The van der Waals surface area contributed by atoms with Crippen LogP contribution in [0, 0.1) is 0 Å². The smallest absolute Gasteiger partial charge is 0.200 e. The molecule has 0 atom stereocenters. The van der Waals surface area contributed by atoms with Crippen molar-refractivity contribution in [1.29, 1.82) is 0 Å². The zero-order valence-electron chi connectivity index (χ0n) is 8.55. The van der Waals surface area contributed by atoms with E-state index in [1.165, 1.54) is 4.63 Å². The topological polar surface area (TPSA) is 88.2 Å². The Balaban J connectivity index is 2.28. The zero-order valence-corrected chi connectivity index (χ0v) is 8.55. The summed E-state index contributed by atoms with van der Waals surface area (Å²) in [7, 11) is 0. The molecule has 7 nitrogen and oxygen atoms in total. The molecule has 0 aliphatic carbocycles. The Morgan fingerprint density at radius 1 is 1.47 bits per heavy atom. The molecule has 15 heavy (non-hydrogen) atoms. The van der Waals surface area contributed by atoms with E-state index in [9.17, 15) is 0 Å². The third kappa shape index (κ3) is 2.01. The Bertz CT molecular complexity index is 465. The van der Waals surface area contributed by atoms with Crippen molar-refractivity contribution >= 4 is 11.5 Å². The third-order valence-electron chi connectivity index (χ3n) is 1.93. The van der Waals surface area contributed by atoms with Gasteiger partial charge in [0.2, 0.25) is 0 Å². The Labute approximate surface area is 86.1 Å². The monoisotopic (exact) mass is 208 g/mol. The number of nitrogens with zero attached hydrogens (tertiary/aromatic N) is 5. The molecule has 0 radical (unpaired) electrons. The number of fused-ring (bicyclic) bond motifs is 1. The minimum atomic E-state index is -0.422. The van der Waals surface area contributed by atoms with E-state index < -0.39 is 5.54 Å². The van der Waals surface area contributed by atoms with Crippen LogP contribution in [-0.4, -0.2) is 42.5 Å². The SMILES string of the molecule is CC(C)(CO)Nc1ccc2nnnn2n1. The van der Waals surface area contributed by atoms with Gasteiger partial charge in [0.15, 0.2) is 5.65 Å². The van der Waals surface area contributed by atoms with Crippen LogP contribution >= 0.6 is 0 Å². The van der Waals surface area contributed by atoms with Crippen LogP contribution in [0.25, 0.3) is 5.65 Å². The fourth-order valence-electron chi connectivity index (χ4n) is 1.10. The van der Waals surface area contributed by atoms with Crippen LogP contribution in [0.4, 0.5) is 5.82 Å². The molecule has 2 aromatic rings. The minimum Gasteiger partial charge on any atom is -0.394 e. The van der Waals surface area contributed by atoms with Gasteiger partial charge >= 0.3 is 0 Å². The highest BCUT2D eigenvalue weighted by atomic mass is 16.3. The van der Waals surface area contributed by atoms with Crippen LogP contribution in [0.1, 0.15) is 13.8 Å². The molecule has 7 heteroatoms. The number of nitrogens with one attached hydrogen (secondary N) is 1. The quantitative estimate of drug-likeness (QED) is 0.720. The molecular formula is C8H12N6O. The number of aliphatic hydroxyl groups excluding tert-OH is 1. The van der Waals surface area contributed by atoms with Gasteiger partial charge in [-0.3, -0.25) is 0 Å². The summed E-state index contributed by atoms with van der Waals surface area (Å²) in [6.45, 7) is 3.76. The van der Waals surface area contributed by atoms with Crippen LogP contribution in [0.15, 0.2) is 12.1 Å². The van der Waals surface area contributed by atoms with Crippen LogP contribution in [-0.2, 0) is 0 Å². The van der Waals surface area contributed by atoms with Crippen molar-refractivity contribution in [2.45, 2.75) is 19.4 Å². The van der Waals surface area contributed by atoms with E-state index in [-0.39, 0.29) is 6.61 Å². The highest BCUT2D eigenvalue weighted by Crippen LogP contribution is 2.11. The van der Waals surface area contributed by atoms with Crippen molar-refractivity contribution in [3.8, 4) is 0 Å². The fraction of sp³-hybridized carbons (Fsp3) is 0.500. The van der Waals surface area contributed by atoms with Crippen molar-refractivity contribution in [2.24, 2.45) is 0 Å². The average Bonchev–Trinajstić information content (AvgIpc) is 2.64. The minimum absolute atomic E-state index is 0.0162. The van der Waals surface area contributed by atoms with Crippen LogP contribution < -0.4 is 5.32 Å². The summed E-state index contributed by atoms with van der Waals surface area (Å²) in [5.74, 6) is 0.619. The summed E-state index contributed by atoms with van der Waals surface area (Å²) in [6, 6.07) is 3.52. The second-order valence-corrected chi connectivity index (χ2v) is 3.91. The maximum Gasteiger partial charge on any atom is 0.200 e. The van der Waals surface area contributed by atoms with Crippen molar-refractivity contribution in [3.05, 3.63) is 12.1 Å². The van der Waals surface area contributed by atoms with E-state index in [0.29, 0.717) is 11.5 Å². The predicted octanol–water partition coefficient (Wildman–Crippen LogP) is -0.298. The Morgan fingerprint density at radius 3 is 3.00 bits per heavy atom. The van der Waals surface area contributed by atoms with Gasteiger partial charge in [-0.05, 0) is 36.4 Å². The Morgan fingerprint density at radius 2 is 2.27 bits per heavy atom. The molecule has 0 bridgehead atoms. The third-order valence-corrected chi connectivity index (χ3v) is 1.93. The van der Waals surface area contributed by atoms with Gasteiger partial charge in [0.1, 0.15) is 5.82 Å². The lowest BCUT2D eigenvalue weighted by Crippen LogP contribution is -2.35. The van der Waals surface area contributed by atoms with Gasteiger partial charge in [0, 0.05) is 0 Å². The first-order chi connectivity index (χ1) is 7.11. The molecule has 0 fully saturated rings. The standard InChI is InChI=1S/C8H12N6O/c1-8(2,5-15)9-6-3-4-7-10-12-13-14(7)11-6/h3-4,15H,5H2,1-2H3,(H,9,11). The largest absolute Gasteiger partial charge is 0.394 e. The first kappa shape index (κ1) is 9.78. The van der Waals surface area contributed by atoms with Crippen LogP contribution in [0.3, 0.4) is 0 Å². The number of tetrazole rings is 1. The molecule has 0 aliphatic heterocycles. The molecule has 0 saturated heterocycles. The van der Waals surface area contributed by atoms with Gasteiger partial charge in [-0.1, -0.05) is 0 Å². The lowest BCUT2D eigenvalue weighted by atomic mass is 10.1. The first-order valence-electron chi connectivity index (χ1n) is 4.55. The number of aromatic nitrogens is 5. The molecule has 2 N–H and O–H groups in total. The number of rotatable bonds is 3. The summed E-state index contributed by atoms with van der Waals surface area (Å²) in [6.07, 6.45) is 0. The number of aliphatic hydroxyl groups is 1. The maximum atomic E-state index is 9.09. The molecule has 80 valence electrons. The molecule has 0 saturated carbocycles. The maximum absolute atomic E-state index is 9.09. The van der Waals surface area contributed by atoms with Crippen molar-refractivity contribution in [2.75, 3.05) is 11.9 Å². The molecule has 0 aromatic carbocycles. The molecule has 2 heterocycles. The van der Waals surface area contributed by atoms with Gasteiger partial charge < -0.3 is 10.4 Å². The predicted molar refractivity (Wildman–Crippen MR) is 53.4 cm³/mol. The van der Waals surface area contributed by atoms with Gasteiger partial charge in [-0.25, -0.2) is 0 Å². The second kappa shape index (κ2) is 3.43. The average molecular weight is 208 g/mol. The van der Waals surface area contributed by atoms with E-state index in [2.05, 4.69) is 25.9 Å². The van der Waals surface area contributed by atoms with Crippen LogP contribution in [0.2, 0.25) is 0 Å².